The molecule has 7 heteroatoms. The minimum atomic E-state index is -0.737. The summed E-state index contributed by atoms with van der Waals surface area (Å²) in [6.45, 7) is 0.844. The number of benzene rings is 1. The fraction of sp³-hybridized carbons (Fsp3) is 0.333. The maximum atomic E-state index is 12.4. The average molecular weight is 348 g/mol. The molecule has 2 N–H and O–H groups in total. The van der Waals surface area contributed by atoms with Crippen molar-refractivity contribution >= 4 is 39.3 Å². The Balaban J connectivity index is 2.28. The number of primary amides is 1. The van der Waals surface area contributed by atoms with Crippen molar-refractivity contribution in [2.24, 2.45) is 5.73 Å². The van der Waals surface area contributed by atoms with E-state index in [1.807, 2.05) is 0 Å². The minimum absolute atomic E-state index is 0.128. The number of nitrogens with zero attached hydrogens (tertiary/aromatic N) is 1. The molecule has 1 fully saturated rings. The van der Waals surface area contributed by atoms with E-state index in [1.165, 1.54) is 4.90 Å². The molecule has 1 unspecified atom stereocenters. The van der Waals surface area contributed by atoms with Gasteiger partial charge in [0.25, 0.3) is 5.91 Å². The van der Waals surface area contributed by atoms with Gasteiger partial charge in [0.15, 0.2) is 0 Å². The second kappa shape index (κ2) is 5.90. The van der Waals surface area contributed by atoms with Gasteiger partial charge in [0.1, 0.15) is 6.04 Å². The van der Waals surface area contributed by atoms with Gasteiger partial charge in [-0.2, -0.15) is 0 Å². The number of hydrogen-bond acceptors (Lipinski definition) is 3. The Morgan fingerprint density at radius 3 is 2.79 bits per heavy atom. The predicted molar refractivity (Wildman–Crippen MR) is 74.0 cm³/mol. The van der Waals surface area contributed by atoms with E-state index in [9.17, 15) is 9.59 Å². The van der Waals surface area contributed by atoms with Gasteiger partial charge in [-0.25, -0.2) is 0 Å². The van der Waals surface area contributed by atoms with Crippen LogP contribution in [-0.4, -0.2) is 42.5 Å². The van der Waals surface area contributed by atoms with Crippen LogP contribution in [0.5, 0.6) is 0 Å². The van der Waals surface area contributed by atoms with Crippen LogP contribution in [-0.2, 0) is 9.53 Å². The highest BCUT2D eigenvalue weighted by atomic mass is 79.9. The topological polar surface area (TPSA) is 72.6 Å². The number of carbonyl (C=O) groups is 2. The summed E-state index contributed by atoms with van der Waals surface area (Å²) in [7, 11) is 0. The third-order valence-corrected chi connectivity index (χ3v) is 3.50. The van der Waals surface area contributed by atoms with E-state index in [4.69, 9.17) is 22.1 Å². The number of morpholine rings is 1. The molecule has 0 aliphatic carbocycles. The largest absolute Gasteiger partial charge is 0.377 e. The van der Waals surface area contributed by atoms with Crippen LogP contribution in [0.1, 0.15) is 10.4 Å². The molecule has 1 atom stereocenters. The average Bonchev–Trinajstić information content (AvgIpc) is 2.36. The quantitative estimate of drug-likeness (QED) is 0.879. The Bertz CT molecular complexity index is 503. The molecular formula is C12H12BrClN2O3. The summed E-state index contributed by atoms with van der Waals surface area (Å²) in [6.07, 6.45) is 0. The van der Waals surface area contributed by atoms with Crippen molar-refractivity contribution < 1.29 is 14.3 Å². The first-order valence-electron chi connectivity index (χ1n) is 5.63. The van der Waals surface area contributed by atoms with Crippen molar-refractivity contribution in [1.29, 1.82) is 0 Å². The predicted octanol–water partition coefficient (Wildman–Crippen LogP) is 1.43. The molecule has 2 rings (SSSR count). The summed E-state index contributed by atoms with van der Waals surface area (Å²) in [6, 6.07) is 4.16. The standard InChI is InChI=1S/C12H12BrClN2O3/c13-8-3-7(4-9(14)5-8)12(18)16-1-2-19-6-10(16)11(15)17/h3-5,10H,1-2,6H2,(H2,15,17). The lowest BCUT2D eigenvalue weighted by molar-refractivity contribution is -0.127. The van der Waals surface area contributed by atoms with Gasteiger partial charge in [-0.05, 0) is 18.2 Å². The van der Waals surface area contributed by atoms with Gasteiger partial charge in [-0.1, -0.05) is 27.5 Å². The molecule has 2 amide bonds. The number of carbonyl (C=O) groups excluding carboxylic acids is 2. The second-order valence-electron chi connectivity index (χ2n) is 4.15. The van der Waals surface area contributed by atoms with E-state index >= 15 is 0 Å². The Morgan fingerprint density at radius 1 is 1.42 bits per heavy atom. The van der Waals surface area contributed by atoms with Crippen LogP contribution < -0.4 is 5.73 Å². The van der Waals surface area contributed by atoms with Crippen LogP contribution in [0.25, 0.3) is 0 Å². The molecule has 0 spiro atoms. The lowest BCUT2D eigenvalue weighted by Crippen LogP contribution is -2.54. The zero-order chi connectivity index (χ0) is 14.0. The number of hydrogen-bond donors (Lipinski definition) is 1. The molecule has 1 saturated heterocycles. The van der Waals surface area contributed by atoms with Crippen molar-refractivity contribution in [2.45, 2.75) is 6.04 Å². The number of rotatable bonds is 2. The summed E-state index contributed by atoms with van der Waals surface area (Å²) in [5, 5.41) is 0.446. The lowest BCUT2D eigenvalue weighted by atomic mass is 10.1. The van der Waals surface area contributed by atoms with Gasteiger partial charge < -0.3 is 15.4 Å². The van der Waals surface area contributed by atoms with E-state index in [-0.39, 0.29) is 12.5 Å². The van der Waals surface area contributed by atoms with Crippen LogP contribution in [0.15, 0.2) is 22.7 Å². The zero-order valence-corrected chi connectivity index (χ0v) is 12.3. The van der Waals surface area contributed by atoms with Crippen molar-refractivity contribution in [3.63, 3.8) is 0 Å². The molecule has 1 aliphatic heterocycles. The Labute approximate surface area is 123 Å². The molecule has 102 valence electrons. The van der Waals surface area contributed by atoms with Crippen molar-refractivity contribution in [3.8, 4) is 0 Å². The minimum Gasteiger partial charge on any atom is -0.377 e. The van der Waals surface area contributed by atoms with Crippen LogP contribution in [0.2, 0.25) is 5.02 Å². The van der Waals surface area contributed by atoms with Gasteiger partial charge in [0.2, 0.25) is 5.91 Å². The summed E-state index contributed by atoms with van der Waals surface area (Å²) >= 11 is 9.19. The van der Waals surface area contributed by atoms with Crippen LogP contribution in [0.4, 0.5) is 0 Å². The van der Waals surface area contributed by atoms with Gasteiger partial charge >= 0.3 is 0 Å². The highest BCUT2D eigenvalue weighted by molar-refractivity contribution is 9.10. The Hall–Kier alpha value is -1.11. The maximum Gasteiger partial charge on any atom is 0.254 e. The first-order valence-corrected chi connectivity index (χ1v) is 6.80. The molecule has 0 bridgehead atoms. The van der Waals surface area contributed by atoms with Crippen LogP contribution in [0, 0.1) is 0 Å². The van der Waals surface area contributed by atoms with Gasteiger partial charge in [-0.3, -0.25) is 9.59 Å². The zero-order valence-electron chi connectivity index (χ0n) is 9.94. The highest BCUT2D eigenvalue weighted by Crippen LogP contribution is 2.22. The molecule has 0 radical (unpaired) electrons. The van der Waals surface area contributed by atoms with Crippen molar-refractivity contribution in [2.75, 3.05) is 19.8 Å². The summed E-state index contributed by atoms with van der Waals surface area (Å²) in [4.78, 5) is 25.2. The monoisotopic (exact) mass is 346 g/mol. The number of amides is 2. The third kappa shape index (κ3) is 3.26. The van der Waals surface area contributed by atoms with Crippen molar-refractivity contribution in [1.82, 2.24) is 4.90 Å². The number of nitrogens with two attached hydrogens (primary N) is 1. The molecule has 0 saturated carbocycles. The molecular weight excluding hydrogens is 336 g/mol. The van der Waals surface area contributed by atoms with Crippen LogP contribution >= 0.6 is 27.5 Å². The van der Waals surface area contributed by atoms with Crippen molar-refractivity contribution in [3.05, 3.63) is 33.3 Å². The Morgan fingerprint density at radius 2 is 2.16 bits per heavy atom. The Kier molecular flexibility index (Phi) is 4.44. The molecule has 0 aromatic heterocycles. The maximum absolute atomic E-state index is 12.4. The highest BCUT2D eigenvalue weighted by Gasteiger charge is 2.32. The summed E-state index contributed by atoms with van der Waals surface area (Å²) in [5.74, 6) is -0.857. The molecule has 5 nitrogen and oxygen atoms in total. The van der Waals surface area contributed by atoms with E-state index < -0.39 is 11.9 Å². The summed E-state index contributed by atoms with van der Waals surface area (Å²) < 4.78 is 5.88. The third-order valence-electron chi connectivity index (χ3n) is 2.83. The van der Waals surface area contributed by atoms with Gasteiger partial charge in [0.05, 0.1) is 13.2 Å². The second-order valence-corrected chi connectivity index (χ2v) is 5.50. The molecule has 1 aromatic rings. The van der Waals surface area contributed by atoms with Gasteiger partial charge in [-0.15, -0.1) is 0 Å². The fourth-order valence-corrected chi connectivity index (χ4v) is 2.79. The summed E-state index contributed by atoms with van der Waals surface area (Å²) in [5.41, 5.74) is 5.69. The number of halogens is 2. The SMILES string of the molecule is NC(=O)C1COCCN1C(=O)c1cc(Cl)cc(Br)c1. The number of ether oxygens (including phenoxy) is 1. The van der Waals surface area contributed by atoms with E-state index in [0.29, 0.717) is 28.2 Å². The first kappa shape index (κ1) is 14.3. The van der Waals surface area contributed by atoms with E-state index in [2.05, 4.69) is 15.9 Å². The molecule has 1 heterocycles. The van der Waals surface area contributed by atoms with Crippen LogP contribution in [0.3, 0.4) is 0 Å². The lowest BCUT2D eigenvalue weighted by Gasteiger charge is -2.33. The van der Waals surface area contributed by atoms with Gasteiger partial charge in [0, 0.05) is 21.6 Å². The molecule has 19 heavy (non-hydrogen) atoms. The van der Waals surface area contributed by atoms with E-state index in [0.717, 1.165) is 0 Å². The molecule has 1 aromatic carbocycles. The molecule has 1 aliphatic rings. The van der Waals surface area contributed by atoms with E-state index in [1.54, 1.807) is 18.2 Å². The first-order chi connectivity index (χ1) is 8.99. The fourth-order valence-electron chi connectivity index (χ4n) is 1.93. The normalized spacial score (nSPS) is 19.3. The smallest absolute Gasteiger partial charge is 0.254 e.